The van der Waals surface area contributed by atoms with Crippen LogP contribution in [0.3, 0.4) is 0 Å². The van der Waals surface area contributed by atoms with Gasteiger partial charge in [-0.3, -0.25) is 4.57 Å². The molecule has 0 spiro atoms. The summed E-state index contributed by atoms with van der Waals surface area (Å²) in [7, 11) is 0. The number of imidazole rings is 1. The third kappa shape index (κ3) is 7.75. The number of benzene rings is 4. The van der Waals surface area contributed by atoms with E-state index in [1.54, 1.807) is 0 Å². The lowest BCUT2D eigenvalue weighted by Gasteiger charge is -2.44. The molecule has 3 N–H and O–H groups in total. The van der Waals surface area contributed by atoms with Crippen LogP contribution in [0.25, 0.3) is 22.2 Å². The zero-order chi connectivity index (χ0) is 36.0. The molecule has 1 aromatic heterocycles. The van der Waals surface area contributed by atoms with Crippen molar-refractivity contribution >= 4 is 17.1 Å². The number of fused-ring (bicyclic) bond motifs is 1. The van der Waals surface area contributed by atoms with E-state index in [1.165, 1.54) is 6.08 Å². The molecule has 1 amide bonds. The average molecular weight is 703 g/mol. The van der Waals surface area contributed by atoms with E-state index in [2.05, 4.69) is 40.8 Å². The van der Waals surface area contributed by atoms with E-state index in [4.69, 9.17) is 14.2 Å². The third-order valence-corrected chi connectivity index (χ3v) is 10.4. The summed E-state index contributed by atoms with van der Waals surface area (Å²) in [5.74, 6) is 0.0574. The summed E-state index contributed by atoms with van der Waals surface area (Å²) < 4.78 is 20.5. The van der Waals surface area contributed by atoms with Gasteiger partial charge in [-0.1, -0.05) is 105 Å². The Bertz CT molecular complexity index is 2030. The largest absolute Gasteiger partial charge is 0.445 e. The van der Waals surface area contributed by atoms with E-state index >= 15 is 0 Å². The molecular weight excluding hydrogens is 656 g/mol. The number of ether oxygens (including phenoxy) is 3. The quantitative estimate of drug-likeness (QED) is 0.127. The maximum atomic E-state index is 12.9. The highest BCUT2D eigenvalue weighted by Gasteiger charge is 2.39. The molecule has 3 heterocycles. The fourth-order valence-electron chi connectivity index (χ4n) is 7.51. The number of rotatable bonds is 11. The highest BCUT2D eigenvalue weighted by Crippen LogP contribution is 2.42. The first-order chi connectivity index (χ1) is 25.4. The van der Waals surface area contributed by atoms with Crippen LogP contribution in [0, 0.1) is 5.92 Å². The van der Waals surface area contributed by atoms with Gasteiger partial charge in [-0.25, -0.2) is 9.59 Å². The zero-order valence-corrected chi connectivity index (χ0v) is 29.4. The number of hydrogen-bond acceptors (Lipinski definition) is 7. The van der Waals surface area contributed by atoms with E-state index in [0.717, 1.165) is 76.9 Å². The van der Waals surface area contributed by atoms with Crippen molar-refractivity contribution in [1.82, 2.24) is 19.8 Å². The zero-order valence-electron chi connectivity index (χ0n) is 29.4. The number of H-pyrrole nitrogens is 1. The summed E-state index contributed by atoms with van der Waals surface area (Å²) in [6, 6.07) is 32.2. The first kappa shape index (κ1) is 35.4. The highest BCUT2D eigenvalue weighted by atomic mass is 16.7. The van der Waals surface area contributed by atoms with Crippen LogP contribution in [-0.2, 0) is 27.4 Å². The summed E-state index contributed by atoms with van der Waals surface area (Å²) in [6.45, 7) is 8.70. The van der Waals surface area contributed by atoms with Gasteiger partial charge in [0, 0.05) is 43.7 Å². The standard InChI is InChI=1S/C42H46N4O6/c1-3-24-50-42(49)43-25-33-8-4-5-9-35(33)30-16-18-32(19-17-30)40-51-38(28(2)39(52-40)31-14-12-29(27-47)13-15-31)26-45-22-20-34(21-23-45)46-37-11-7-6-10-36(37)44-41(46)48/h3-19,28,34,38-40,47H,1,20-27H2,2H3,(H,43,49)(H,44,48). The van der Waals surface area contributed by atoms with E-state index in [0.29, 0.717) is 6.54 Å². The molecule has 0 radical (unpaired) electrons. The molecule has 2 fully saturated rings. The summed E-state index contributed by atoms with van der Waals surface area (Å²) in [4.78, 5) is 30.4. The maximum Gasteiger partial charge on any atom is 0.407 e. The van der Waals surface area contributed by atoms with Crippen LogP contribution in [0.2, 0.25) is 0 Å². The number of para-hydroxylation sites is 2. The predicted octanol–water partition coefficient (Wildman–Crippen LogP) is 7.03. The molecule has 0 bridgehead atoms. The molecule has 10 nitrogen and oxygen atoms in total. The molecule has 4 atom stereocenters. The smallest absolute Gasteiger partial charge is 0.407 e. The number of aliphatic hydroxyl groups excluding tert-OH is 1. The number of aromatic nitrogens is 2. The van der Waals surface area contributed by atoms with Gasteiger partial charge < -0.3 is 34.5 Å². The number of alkyl carbamates (subject to hydrolysis) is 1. The second kappa shape index (κ2) is 16.1. The molecule has 270 valence electrons. The minimum absolute atomic E-state index is 0.0126. The first-order valence-electron chi connectivity index (χ1n) is 18.0. The van der Waals surface area contributed by atoms with Gasteiger partial charge in [0.05, 0.1) is 29.8 Å². The number of piperidine rings is 1. The van der Waals surface area contributed by atoms with Crippen molar-refractivity contribution in [3.8, 4) is 11.1 Å². The van der Waals surface area contributed by atoms with Gasteiger partial charge in [-0.15, -0.1) is 0 Å². The number of nitrogens with zero attached hydrogens (tertiary/aromatic N) is 2. The second-order valence-corrected chi connectivity index (χ2v) is 13.7. The lowest BCUT2D eigenvalue weighted by Crippen LogP contribution is -2.47. The van der Waals surface area contributed by atoms with Crippen LogP contribution >= 0.6 is 0 Å². The Hall–Kier alpha value is -5.00. The number of aliphatic hydroxyl groups is 1. The SMILES string of the molecule is C=CCOC(=O)NCc1ccccc1-c1ccc(C2OC(CN3CCC(n4c(=O)[nH]c5ccccc54)CC3)C(C)C(c3ccc(CO)cc3)O2)cc1. The van der Waals surface area contributed by atoms with Crippen LogP contribution in [0.15, 0.2) is 115 Å². The molecule has 4 unspecified atom stereocenters. The van der Waals surface area contributed by atoms with Crippen molar-refractivity contribution in [3.63, 3.8) is 0 Å². The van der Waals surface area contributed by atoms with E-state index in [9.17, 15) is 14.7 Å². The fourth-order valence-corrected chi connectivity index (χ4v) is 7.51. The third-order valence-electron chi connectivity index (χ3n) is 10.4. The molecule has 10 heteroatoms. The Labute approximate surface area is 303 Å². The summed E-state index contributed by atoms with van der Waals surface area (Å²) in [5, 5.41) is 12.5. The topological polar surface area (TPSA) is 118 Å². The van der Waals surface area contributed by atoms with Crippen molar-refractivity contribution in [3.05, 3.63) is 142 Å². The number of amides is 1. The minimum Gasteiger partial charge on any atom is -0.445 e. The van der Waals surface area contributed by atoms with Gasteiger partial charge >= 0.3 is 11.8 Å². The molecule has 2 aliphatic heterocycles. The molecule has 7 rings (SSSR count). The molecule has 2 aliphatic rings. The van der Waals surface area contributed by atoms with Gasteiger partial charge in [0.15, 0.2) is 6.29 Å². The second-order valence-electron chi connectivity index (χ2n) is 13.7. The van der Waals surface area contributed by atoms with Crippen molar-refractivity contribution < 1.29 is 24.1 Å². The number of carbonyl (C=O) groups is 1. The molecule has 5 aromatic rings. The van der Waals surface area contributed by atoms with Crippen molar-refractivity contribution in [2.24, 2.45) is 5.92 Å². The van der Waals surface area contributed by atoms with E-state index in [-0.39, 0.29) is 43.1 Å². The molecule has 0 aliphatic carbocycles. The molecule has 52 heavy (non-hydrogen) atoms. The van der Waals surface area contributed by atoms with Gasteiger partial charge in [0.25, 0.3) is 0 Å². The van der Waals surface area contributed by atoms with Crippen LogP contribution < -0.4 is 11.0 Å². The van der Waals surface area contributed by atoms with Crippen LogP contribution in [0.1, 0.15) is 60.5 Å². The molecular formula is C42H46N4O6. The van der Waals surface area contributed by atoms with Crippen LogP contribution in [0.5, 0.6) is 0 Å². The summed E-state index contributed by atoms with van der Waals surface area (Å²) >= 11 is 0. The molecule has 4 aromatic carbocycles. The van der Waals surface area contributed by atoms with E-state index in [1.807, 2.05) is 89.5 Å². The number of nitrogens with one attached hydrogen (secondary N) is 2. The van der Waals surface area contributed by atoms with Crippen LogP contribution in [0.4, 0.5) is 4.79 Å². The lowest BCUT2D eigenvalue weighted by molar-refractivity contribution is -0.276. The number of likely N-dealkylation sites (tertiary alicyclic amines) is 1. The predicted molar refractivity (Wildman–Crippen MR) is 201 cm³/mol. The van der Waals surface area contributed by atoms with E-state index < -0.39 is 12.4 Å². The van der Waals surface area contributed by atoms with Gasteiger partial charge in [0.2, 0.25) is 0 Å². The fraction of sp³-hybridized carbons (Fsp3) is 0.333. The summed E-state index contributed by atoms with van der Waals surface area (Å²) in [5.41, 5.74) is 7.59. The van der Waals surface area contributed by atoms with Crippen molar-refractivity contribution in [2.45, 2.75) is 57.5 Å². The monoisotopic (exact) mass is 702 g/mol. The normalized spacial score (nSPS) is 21.2. The number of hydrogen-bond donors (Lipinski definition) is 3. The average Bonchev–Trinajstić information content (AvgIpc) is 3.53. The maximum absolute atomic E-state index is 12.9. The Morgan fingerprint density at radius 1 is 0.962 bits per heavy atom. The number of aromatic amines is 1. The molecule has 2 saturated heterocycles. The Kier molecular flexibility index (Phi) is 11.0. The number of carbonyl (C=O) groups excluding carboxylic acids is 1. The van der Waals surface area contributed by atoms with Crippen LogP contribution in [-0.4, -0.2) is 58.0 Å². The Morgan fingerprint density at radius 3 is 2.42 bits per heavy atom. The van der Waals surface area contributed by atoms with Crippen molar-refractivity contribution in [2.75, 3.05) is 26.2 Å². The lowest BCUT2D eigenvalue weighted by atomic mass is 9.89. The highest BCUT2D eigenvalue weighted by molar-refractivity contribution is 5.75. The van der Waals surface area contributed by atoms with Crippen molar-refractivity contribution in [1.29, 1.82) is 0 Å². The molecule has 0 saturated carbocycles. The Balaban J connectivity index is 1.08. The van der Waals surface area contributed by atoms with Gasteiger partial charge in [-0.05, 0) is 52.8 Å². The minimum atomic E-state index is -0.586. The Morgan fingerprint density at radius 2 is 1.67 bits per heavy atom. The van der Waals surface area contributed by atoms with Gasteiger partial charge in [-0.2, -0.15) is 0 Å². The van der Waals surface area contributed by atoms with Gasteiger partial charge in [0.1, 0.15) is 6.61 Å². The first-order valence-corrected chi connectivity index (χ1v) is 18.0. The summed E-state index contributed by atoms with van der Waals surface area (Å²) in [6.07, 6.45) is 1.89.